The Bertz CT molecular complexity index is 697. The van der Waals surface area contributed by atoms with Crippen molar-refractivity contribution >= 4 is 28.2 Å². The number of halogens is 3. The van der Waals surface area contributed by atoms with Gasteiger partial charge in [-0.1, -0.05) is 0 Å². The van der Waals surface area contributed by atoms with Gasteiger partial charge in [-0.2, -0.15) is 13.2 Å². The maximum absolute atomic E-state index is 12.5. The van der Waals surface area contributed by atoms with E-state index >= 15 is 0 Å². The Balaban J connectivity index is 1.69. The molecule has 9 heteroatoms. The van der Waals surface area contributed by atoms with Gasteiger partial charge in [-0.05, 0) is 25.0 Å². The topological polar surface area (TPSA) is 66.9 Å². The van der Waals surface area contributed by atoms with Crippen molar-refractivity contribution in [1.29, 1.82) is 0 Å². The first-order valence-electron chi connectivity index (χ1n) is 6.48. The molecule has 0 aliphatic heterocycles. The van der Waals surface area contributed by atoms with E-state index in [1.807, 2.05) is 0 Å². The van der Waals surface area contributed by atoms with E-state index < -0.39 is 17.8 Å². The molecule has 0 bridgehead atoms. The van der Waals surface area contributed by atoms with Crippen LogP contribution in [-0.4, -0.2) is 21.9 Å². The summed E-state index contributed by atoms with van der Waals surface area (Å²) in [5.74, 6) is 0.0505. The van der Waals surface area contributed by atoms with Crippen molar-refractivity contribution in [3.63, 3.8) is 0 Å². The number of carbonyl (C=O) groups is 1. The lowest BCUT2D eigenvalue weighted by Gasteiger charge is -2.06. The highest BCUT2D eigenvalue weighted by Gasteiger charge is 2.34. The molecule has 0 spiro atoms. The van der Waals surface area contributed by atoms with Crippen molar-refractivity contribution in [2.45, 2.75) is 25.1 Å². The summed E-state index contributed by atoms with van der Waals surface area (Å²) < 4.78 is 37.4. The lowest BCUT2D eigenvalue weighted by Crippen LogP contribution is -2.13. The zero-order chi connectivity index (χ0) is 15.7. The van der Waals surface area contributed by atoms with Gasteiger partial charge in [0.15, 0.2) is 10.8 Å². The average molecular weight is 328 g/mol. The maximum atomic E-state index is 12.5. The Morgan fingerprint density at radius 3 is 2.77 bits per heavy atom. The predicted octanol–water partition coefficient (Wildman–Crippen LogP) is 3.38. The summed E-state index contributed by atoms with van der Waals surface area (Å²) in [5.41, 5.74) is -0.708. The summed E-state index contributed by atoms with van der Waals surface area (Å²) in [7, 11) is 0. The van der Waals surface area contributed by atoms with E-state index in [4.69, 9.17) is 0 Å². The molecule has 5 nitrogen and oxygen atoms in total. The number of pyridine rings is 1. The van der Waals surface area contributed by atoms with E-state index in [2.05, 4.69) is 20.6 Å². The zero-order valence-corrected chi connectivity index (χ0v) is 12.0. The third kappa shape index (κ3) is 3.53. The van der Waals surface area contributed by atoms with Crippen LogP contribution in [0.5, 0.6) is 0 Å². The Morgan fingerprint density at radius 1 is 1.36 bits per heavy atom. The van der Waals surface area contributed by atoms with E-state index in [9.17, 15) is 18.0 Å². The first-order valence-corrected chi connectivity index (χ1v) is 7.36. The van der Waals surface area contributed by atoms with E-state index in [0.717, 1.165) is 29.6 Å². The van der Waals surface area contributed by atoms with Crippen LogP contribution in [0.15, 0.2) is 23.7 Å². The number of amides is 1. The van der Waals surface area contributed by atoms with Crippen molar-refractivity contribution in [1.82, 2.24) is 9.97 Å². The molecule has 2 N–H and O–H groups in total. The van der Waals surface area contributed by atoms with Gasteiger partial charge >= 0.3 is 6.18 Å². The summed E-state index contributed by atoms with van der Waals surface area (Å²) >= 11 is 0.730. The van der Waals surface area contributed by atoms with E-state index in [1.165, 1.54) is 12.3 Å². The fourth-order valence-electron chi connectivity index (χ4n) is 1.72. The van der Waals surface area contributed by atoms with Crippen LogP contribution < -0.4 is 10.6 Å². The van der Waals surface area contributed by atoms with Crippen LogP contribution in [0.2, 0.25) is 0 Å². The molecule has 2 aromatic rings. The van der Waals surface area contributed by atoms with Crippen LogP contribution >= 0.6 is 11.3 Å². The third-order valence-corrected chi connectivity index (χ3v) is 3.72. The van der Waals surface area contributed by atoms with Crippen molar-refractivity contribution < 1.29 is 18.0 Å². The average Bonchev–Trinajstić information content (AvgIpc) is 3.13. The number of hydrogen-bond acceptors (Lipinski definition) is 5. The van der Waals surface area contributed by atoms with Gasteiger partial charge in [0.2, 0.25) is 0 Å². The molecular formula is C13H11F3N4OS. The molecule has 0 atom stereocenters. The molecule has 0 saturated heterocycles. The number of thiazole rings is 1. The van der Waals surface area contributed by atoms with Gasteiger partial charge in [-0.3, -0.25) is 10.1 Å². The second-order valence-corrected chi connectivity index (χ2v) is 5.70. The molecule has 0 radical (unpaired) electrons. The first-order chi connectivity index (χ1) is 10.4. The monoisotopic (exact) mass is 328 g/mol. The van der Waals surface area contributed by atoms with E-state index in [-0.39, 0.29) is 5.13 Å². The number of hydrogen-bond donors (Lipinski definition) is 2. The molecule has 0 unspecified atom stereocenters. The van der Waals surface area contributed by atoms with Crippen LogP contribution in [0.3, 0.4) is 0 Å². The van der Waals surface area contributed by atoms with E-state index in [1.54, 1.807) is 6.07 Å². The normalized spacial score (nSPS) is 14.7. The standard InChI is InChI=1S/C13H11F3N4OS/c14-13(15,16)9-6-22-12(19-9)20-11(21)7-3-4-17-10(5-7)18-8-1-2-8/h3-6,8H,1-2H2,(H,17,18)(H,19,20,21). The maximum Gasteiger partial charge on any atom is 0.434 e. The minimum absolute atomic E-state index is 0.0918. The summed E-state index contributed by atoms with van der Waals surface area (Å²) in [6.07, 6.45) is -0.908. The van der Waals surface area contributed by atoms with Crippen LogP contribution in [-0.2, 0) is 6.18 Å². The number of carbonyl (C=O) groups excluding carboxylic acids is 1. The van der Waals surface area contributed by atoms with Crippen LogP contribution in [0.25, 0.3) is 0 Å². The molecule has 2 heterocycles. The molecule has 0 aromatic carbocycles. The Hall–Kier alpha value is -2.16. The van der Waals surface area contributed by atoms with Gasteiger partial charge in [-0.15, -0.1) is 11.3 Å². The highest BCUT2D eigenvalue weighted by Crippen LogP contribution is 2.31. The quantitative estimate of drug-likeness (QED) is 0.903. The summed E-state index contributed by atoms with van der Waals surface area (Å²) in [4.78, 5) is 19.5. The highest BCUT2D eigenvalue weighted by atomic mass is 32.1. The number of nitrogens with one attached hydrogen (secondary N) is 2. The second-order valence-electron chi connectivity index (χ2n) is 4.84. The SMILES string of the molecule is O=C(Nc1nc(C(F)(F)F)cs1)c1ccnc(NC2CC2)c1. The molecule has 2 aromatic heterocycles. The first kappa shape index (κ1) is 14.8. The molecule has 1 fully saturated rings. The fourth-order valence-corrected chi connectivity index (χ4v) is 2.43. The van der Waals surface area contributed by atoms with Gasteiger partial charge in [0.25, 0.3) is 5.91 Å². The molecule has 1 amide bonds. The van der Waals surface area contributed by atoms with Gasteiger partial charge in [0.1, 0.15) is 5.82 Å². The summed E-state index contributed by atoms with van der Waals surface area (Å²) in [5, 5.41) is 6.28. The van der Waals surface area contributed by atoms with Gasteiger partial charge in [0, 0.05) is 23.2 Å². The van der Waals surface area contributed by atoms with Gasteiger partial charge in [-0.25, -0.2) is 9.97 Å². The van der Waals surface area contributed by atoms with Crippen LogP contribution in [0.4, 0.5) is 24.1 Å². The molecule has 1 aliphatic rings. The van der Waals surface area contributed by atoms with Crippen molar-refractivity contribution in [3.05, 3.63) is 35.0 Å². The molecule has 3 rings (SSSR count). The van der Waals surface area contributed by atoms with Crippen LogP contribution in [0.1, 0.15) is 28.9 Å². The van der Waals surface area contributed by atoms with Gasteiger partial charge in [0.05, 0.1) is 0 Å². The third-order valence-electron chi connectivity index (χ3n) is 2.97. The Kier molecular flexibility index (Phi) is 3.73. The molecule has 1 saturated carbocycles. The summed E-state index contributed by atoms with van der Waals surface area (Å²) in [6.45, 7) is 0. The predicted molar refractivity (Wildman–Crippen MR) is 76.0 cm³/mol. The number of aromatic nitrogens is 2. The van der Waals surface area contributed by atoms with E-state index in [0.29, 0.717) is 17.4 Å². The Morgan fingerprint density at radius 2 is 2.14 bits per heavy atom. The van der Waals surface area contributed by atoms with Crippen molar-refractivity contribution in [2.75, 3.05) is 10.6 Å². The minimum Gasteiger partial charge on any atom is -0.367 e. The number of rotatable bonds is 4. The van der Waals surface area contributed by atoms with Crippen molar-refractivity contribution in [2.24, 2.45) is 0 Å². The lowest BCUT2D eigenvalue weighted by molar-refractivity contribution is -0.140. The number of alkyl halides is 3. The molecule has 22 heavy (non-hydrogen) atoms. The van der Waals surface area contributed by atoms with Gasteiger partial charge < -0.3 is 5.32 Å². The smallest absolute Gasteiger partial charge is 0.367 e. The minimum atomic E-state index is -4.52. The van der Waals surface area contributed by atoms with Crippen LogP contribution in [0, 0.1) is 0 Å². The number of anilines is 2. The molecule has 1 aliphatic carbocycles. The van der Waals surface area contributed by atoms with Crippen molar-refractivity contribution in [3.8, 4) is 0 Å². The second kappa shape index (κ2) is 5.56. The molecule has 116 valence electrons. The Labute approximate surface area is 127 Å². The lowest BCUT2D eigenvalue weighted by atomic mass is 10.2. The number of nitrogens with zero attached hydrogens (tertiary/aromatic N) is 2. The molecular weight excluding hydrogens is 317 g/mol. The largest absolute Gasteiger partial charge is 0.434 e. The fraction of sp³-hybridized carbons (Fsp3) is 0.308. The highest BCUT2D eigenvalue weighted by molar-refractivity contribution is 7.14. The zero-order valence-electron chi connectivity index (χ0n) is 11.1. The summed E-state index contributed by atoms with van der Waals surface area (Å²) in [6, 6.07) is 3.44.